The second-order valence-corrected chi connectivity index (χ2v) is 10.4. The van der Waals surface area contributed by atoms with E-state index in [1.54, 1.807) is 4.90 Å². The number of nitrogens with zero attached hydrogens (tertiary/aromatic N) is 2. The summed E-state index contributed by atoms with van der Waals surface area (Å²) in [4.78, 5) is 28.5. The Bertz CT molecular complexity index is 855. The minimum atomic E-state index is -3.11. The number of amidine groups is 1. The lowest BCUT2D eigenvalue weighted by atomic mass is 10.2. The highest BCUT2D eigenvalue weighted by atomic mass is 127. The molecule has 0 radical (unpaired) electrons. The van der Waals surface area contributed by atoms with E-state index in [2.05, 4.69) is 27.6 Å². The number of thioether (sulfide) groups is 1. The van der Waals surface area contributed by atoms with Crippen LogP contribution in [-0.2, 0) is 19.4 Å². The Balaban J connectivity index is 1.92. The molecule has 7 nitrogen and oxygen atoms in total. The number of hydrogen-bond donors (Lipinski definition) is 1. The van der Waals surface area contributed by atoms with Crippen molar-refractivity contribution in [3.05, 3.63) is 27.8 Å². The van der Waals surface area contributed by atoms with E-state index in [4.69, 9.17) is 5.11 Å². The van der Waals surface area contributed by atoms with Gasteiger partial charge in [-0.2, -0.15) is 4.99 Å². The number of halogens is 1. The minimum Gasteiger partial charge on any atom is -0.481 e. The maximum atomic E-state index is 12.0. The Morgan fingerprint density at radius 3 is 2.76 bits per heavy atom. The maximum absolute atomic E-state index is 12.0. The number of carbonyl (C=O) groups excluding carboxylic acids is 1. The van der Waals surface area contributed by atoms with Crippen LogP contribution in [0.15, 0.2) is 29.3 Å². The van der Waals surface area contributed by atoms with Crippen LogP contribution in [-0.4, -0.2) is 53.4 Å². The zero-order chi connectivity index (χ0) is 18.2. The van der Waals surface area contributed by atoms with Crippen LogP contribution in [0.3, 0.4) is 0 Å². The molecule has 0 saturated carbocycles. The van der Waals surface area contributed by atoms with Gasteiger partial charge in [-0.1, -0.05) is 17.8 Å². The minimum absolute atomic E-state index is 0.0263. The summed E-state index contributed by atoms with van der Waals surface area (Å²) in [5.41, 5.74) is 0.786. The zero-order valence-corrected chi connectivity index (χ0v) is 16.8. The molecule has 2 atom stereocenters. The van der Waals surface area contributed by atoms with Gasteiger partial charge in [-0.25, -0.2) is 8.42 Å². The number of carbonyl (C=O) groups is 2. The quantitative estimate of drug-likeness (QED) is 0.637. The molecule has 1 amide bonds. The normalized spacial score (nSPS) is 26.0. The SMILES string of the molecule is O=C(O)CCC(=O)N=C1S[C@H]2CS(=O)(=O)C[C@H]2N1c1cccc(I)c1. The molecule has 0 aliphatic carbocycles. The van der Waals surface area contributed by atoms with E-state index in [-0.39, 0.29) is 35.6 Å². The van der Waals surface area contributed by atoms with Gasteiger partial charge in [0.25, 0.3) is 0 Å². The van der Waals surface area contributed by atoms with Crippen LogP contribution < -0.4 is 4.90 Å². The molecule has 10 heteroatoms. The lowest BCUT2D eigenvalue weighted by Gasteiger charge is -2.24. The first-order valence-corrected chi connectivity index (χ1v) is 11.3. The summed E-state index contributed by atoms with van der Waals surface area (Å²) in [6.45, 7) is 0. The number of carboxylic acid groups (broad SMARTS) is 1. The van der Waals surface area contributed by atoms with Crippen LogP contribution in [0.2, 0.25) is 0 Å². The van der Waals surface area contributed by atoms with Crippen LogP contribution in [0.4, 0.5) is 5.69 Å². The molecule has 134 valence electrons. The number of sulfone groups is 1. The number of carboxylic acids is 1. The van der Waals surface area contributed by atoms with Crippen LogP contribution in [0.5, 0.6) is 0 Å². The molecule has 0 aromatic heterocycles. The zero-order valence-electron chi connectivity index (χ0n) is 13.0. The molecule has 0 unspecified atom stereocenters. The number of fused-ring (bicyclic) bond motifs is 1. The number of rotatable bonds is 4. The Hall–Kier alpha value is -1.14. The lowest BCUT2D eigenvalue weighted by Crippen LogP contribution is -2.37. The summed E-state index contributed by atoms with van der Waals surface area (Å²) in [6, 6.07) is 7.28. The largest absolute Gasteiger partial charge is 0.481 e. The Kier molecular flexibility index (Phi) is 5.40. The van der Waals surface area contributed by atoms with E-state index in [1.807, 2.05) is 24.3 Å². The van der Waals surface area contributed by atoms with Crippen molar-refractivity contribution < 1.29 is 23.1 Å². The third-order valence-electron chi connectivity index (χ3n) is 3.93. The van der Waals surface area contributed by atoms with E-state index >= 15 is 0 Å². The van der Waals surface area contributed by atoms with Gasteiger partial charge in [0.05, 0.1) is 24.0 Å². The van der Waals surface area contributed by atoms with E-state index in [0.29, 0.717) is 5.17 Å². The first-order valence-electron chi connectivity index (χ1n) is 7.50. The third-order valence-corrected chi connectivity index (χ3v) is 7.81. The molecule has 2 saturated heterocycles. The average Bonchev–Trinajstić information content (AvgIpc) is 2.96. The van der Waals surface area contributed by atoms with Crippen LogP contribution in [0.25, 0.3) is 0 Å². The topological polar surface area (TPSA) is 104 Å². The van der Waals surface area contributed by atoms with Gasteiger partial charge in [-0.15, -0.1) is 0 Å². The molecule has 2 aliphatic heterocycles. The molecule has 0 bridgehead atoms. The number of aliphatic imine (C=N–C) groups is 1. The van der Waals surface area contributed by atoms with Crippen molar-refractivity contribution in [2.24, 2.45) is 4.99 Å². The smallest absolute Gasteiger partial charge is 0.303 e. The molecule has 0 spiro atoms. The van der Waals surface area contributed by atoms with E-state index < -0.39 is 21.7 Å². The summed E-state index contributed by atoms with van der Waals surface area (Å²) < 4.78 is 24.9. The highest BCUT2D eigenvalue weighted by Gasteiger charge is 2.49. The molecule has 2 heterocycles. The van der Waals surface area contributed by atoms with Gasteiger partial charge in [-0.3, -0.25) is 9.59 Å². The van der Waals surface area contributed by atoms with Gasteiger partial charge >= 0.3 is 5.97 Å². The Labute approximate surface area is 162 Å². The molecule has 1 N–H and O–H groups in total. The summed E-state index contributed by atoms with van der Waals surface area (Å²) in [5, 5.41) is 8.96. The van der Waals surface area contributed by atoms with Crippen molar-refractivity contribution in [3.8, 4) is 0 Å². The van der Waals surface area contributed by atoms with Gasteiger partial charge in [0.1, 0.15) is 0 Å². The summed E-state index contributed by atoms with van der Waals surface area (Å²) >= 11 is 3.45. The van der Waals surface area contributed by atoms with Gasteiger partial charge in [0.15, 0.2) is 15.0 Å². The van der Waals surface area contributed by atoms with Gasteiger partial charge < -0.3 is 10.0 Å². The molecule has 2 fully saturated rings. The second-order valence-electron chi connectivity index (χ2n) is 5.83. The highest BCUT2D eigenvalue weighted by Crippen LogP contribution is 2.41. The Morgan fingerprint density at radius 1 is 1.32 bits per heavy atom. The molecule has 1 aromatic rings. The molecular weight excluding hydrogens is 479 g/mol. The van der Waals surface area contributed by atoms with Crippen molar-refractivity contribution in [1.29, 1.82) is 0 Å². The summed E-state index contributed by atoms with van der Waals surface area (Å²) in [5.74, 6) is -1.47. The monoisotopic (exact) mass is 494 g/mol. The van der Waals surface area contributed by atoms with Gasteiger partial charge in [0, 0.05) is 20.9 Å². The molecule has 25 heavy (non-hydrogen) atoms. The van der Waals surface area contributed by atoms with Crippen LogP contribution in [0, 0.1) is 3.57 Å². The van der Waals surface area contributed by atoms with E-state index in [1.165, 1.54) is 11.8 Å². The number of amides is 1. The predicted molar refractivity (Wildman–Crippen MR) is 105 cm³/mol. The first kappa shape index (κ1) is 18.6. The van der Waals surface area contributed by atoms with Crippen molar-refractivity contribution in [1.82, 2.24) is 0 Å². The molecule has 1 aromatic carbocycles. The fourth-order valence-corrected chi connectivity index (χ4v) is 7.33. The third kappa shape index (κ3) is 4.34. The number of anilines is 1. The van der Waals surface area contributed by atoms with Crippen LogP contribution >= 0.6 is 34.4 Å². The summed E-state index contributed by atoms with van der Waals surface area (Å²) in [7, 11) is -3.11. The van der Waals surface area contributed by atoms with Crippen molar-refractivity contribution in [2.45, 2.75) is 24.1 Å². The molecule has 3 rings (SSSR count). The first-order chi connectivity index (χ1) is 11.7. The van der Waals surface area contributed by atoms with Crippen molar-refractivity contribution in [3.63, 3.8) is 0 Å². The van der Waals surface area contributed by atoms with E-state index in [9.17, 15) is 18.0 Å². The maximum Gasteiger partial charge on any atom is 0.303 e. The van der Waals surface area contributed by atoms with Crippen molar-refractivity contribution >= 4 is 66.9 Å². The summed E-state index contributed by atoms with van der Waals surface area (Å²) in [6.07, 6.45) is -0.446. The van der Waals surface area contributed by atoms with E-state index in [0.717, 1.165) is 9.26 Å². The molecular formula is C15H15IN2O5S2. The highest BCUT2D eigenvalue weighted by molar-refractivity contribution is 14.1. The predicted octanol–water partition coefficient (Wildman–Crippen LogP) is 1.76. The second kappa shape index (κ2) is 7.23. The van der Waals surface area contributed by atoms with Crippen LogP contribution in [0.1, 0.15) is 12.8 Å². The number of benzene rings is 1. The average molecular weight is 494 g/mol. The molecule has 2 aliphatic rings. The van der Waals surface area contributed by atoms with Gasteiger partial charge in [0.2, 0.25) is 5.91 Å². The Morgan fingerprint density at radius 2 is 2.08 bits per heavy atom. The number of hydrogen-bond acceptors (Lipinski definition) is 5. The standard InChI is InChI=1S/C15H15IN2O5S2/c16-9-2-1-3-10(6-9)18-11-7-25(22,23)8-12(11)24-15(18)17-13(19)4-5-14(20)21/h1-3,6,11-12H,4-5,7-8H2,(H,20,21)/t11-,12+/m1/s1. The van der Waals surface area contributed by atoms with Gasteiger partial charge in [-0.05, 0) is 40.8 Å². The van der Waals surface area contributed by atoms with Crippen molar-refractivity contribution in [2.75, 3.05) is 16.4 Å². The fraction of sp³-hybridized carbons (Fsp3) is 0.400. The fourth-order valence-electron chi connectivity index (χ4n) is 2.87. The number of aliphatic carboxylic acids is 1. The lowest BCUT2D eigenvalue weighted by molar-refractivity contribution is -0.138.